The molecule has 0 heterocycles. The molecule has 2 N–H and O–H groups in total. The summed E-state index contributed by atoms with van der Waals surface area (Å²) in [6, 6.07) is 0. The van der Waals surface area contributed by atoms with Gasteiger partial charge in [-0.3, -0.25) is 4.79 Å². The van der Waals surface area contributed by atoms with Gasteiger partial charge >= 0.3 is 11.9 Å². The molecular formula is C33H54O8. The first-order valence-corrected chi connectivity index (χ1v) is 15.9. The van der Waals surface area contributed by atoms with Crippen molar-refractivity contribution in [3.63, 3.8) is 0 Å². The lowest BCUT2D eigenvalue weighted by atomic mass is 9.43. The second-order valence-corrected chi connectivity index (χ2v) is 14.0. The standard InChI is InChI=1S/C33H54O8/c1-20(2)31(37)41-16-14-39-13-15-40-23-11-12-32(4)22(17-23)18-27(34)30-25-9-8-24(21(3)7-10-29(36)38-6)33(25,5)28(35)19-26(30)32/h21-28,30,34-35H,1,7-19H2,2-6H3/t21-,22+,23-,24-,25+,26+,27-,28+,30+,32+,33-/m1/s1. The third-order valence-corrected chi connectivity index (χ3v) is 11.9. The molecule has 8 nitrogen and oxygen atoms in total. The van der Waals surface area contributed by atoms with Crippen molar-refractivity contribution < 1.29 is 38.7 Å². The zero-order valence-electron chi connectivity index (χ0n) is 25.9. The van der Waals surface area contributed by atoms with Gasteiger partial charge in [-0.2, -0.15) is 0 Å². The number of methoxy groups -OCH3 is 1. The molecule has 0 saturated heterocycles. The third-order valence-electron chi connectivity index (χ3n) is 11.9. The minimum Gasteiger partial charge on any atom is -0.469 e. The molecular weight excluding hydrogens is 524 g/mol. The summed E-state index contributed by atoms with van der Waals surface area (Å²) in [5.74, 6) is 1.28. The molecule has 234 valence electrons. The average molecular weight is 579 g/mol. The summed E-state index contributed by atoms with van der Waals surface area (Å²) in [5.41, 5.74) is 0.233. The van der Waals surface area contributed by atoms with Crippen LogP contribution in [0.5, 0.6) is 0 Å². The molecule has 0 aliphatic heterocycles. The summed E-state index contributed by atoms with van der Waals surface area (Å²) in [6.45, 7) is 13.6. The Labute approximate surface area is 246 Å². The van der Waals surface area contributed by atoms with Gasteiger partial charge < -0.3 is 29.2 Å². The van der Waals surface area contributed by atoms with Gasteiger partial charge in [0.25, 0.3) is 0 Å². The fourth-order valence-corrected chi connectivity index (χ4v) is 9.61. The van der Waals surface area contributed by atoms with E-state index in [0.29, 0.717) is 61.4 Å². The van der Waals surface area contributed by atoms with Crippen molar-refractivity contribution in [3.8, 4) is 0 Å². The molecule has 0 aromatic carbocycles. The second-order valence-electron chi connectivity index (χ2n) is 14.0. The molecule has 0 bridgehead atoms. The summed E-state index contributed by atoms with van der Waals surface area (Å²) in [7, 11) is 1.44. The predicted octanol–water partition coefficient (Wildman–Crippen LogP) is 4.70. The molecule has 8 heteroatoms. The van der Waals surface area contributed by atoms with Gasteiger partial charge in [0.15, 0.2) is 0 Å². The van der Waals surface area contributed by atoms with Crippen LogP contribution in [0.25, 0.3) is 0 Å². The van der Waals surface area contributed by atoms with Gasteiger partial charge in [0.1, 0.15) is 6.61 Å². The smallest absolute Gasteiger partial charge is 0.333 e. The third kappa shape index (κ3) is 6.56. The number of rotatable bonds is 12. The highest BCUT2D eigenvalue weighted by molar-refractivity contribution is 5.86. The van der Waals surface area contributed by atoms with Crippen LogP contribution in [0.15, 0.2) is 12.2 Å². The number of aliphatic hydroxyl groups is 2. The van der Waals surface area contributed by atoms with Crippen molar-refractivity contribution in [2.75, 3.05) is 33.5 Å². The average Bonchev–Trinajstić information content (AvgIpc) is 3.30. The van der Waals surface area contributed by atoms with Crippen LogP contribution in [-0.4, -0.2) is 74.0 Å². The van der Waals surface area contributed by atoms with E-state index < -0.39 is 12.1 Å². The van der Waals surface area contributed by atoms with Gasteiger partial charge in [-0.1, -0.05) is 27.4 Å². The maximum absolute atomic E-state index is 11.8. The molecule has 11 atom stereocenters. The number of esters is 2. The van der Waals surface area contributed by atoms with Crippen LogP contribution in [0.2, 0.25) is 0 Å². The molecule has 41 heavy (non-hydrogen) atoms. The SMILES string of the molecule is C=C(C)C(=O)OCCOCCO[C@@H]1CC[C@@]2(C)[C@@H](C1)C[C@@H](O)[C@@H]1[C@@H]2C[C@H](O)[C@]2(C)[C@@H]([C@H](C)CCC(=O)OC)CC[C@@H]12. The van der Waals surface area contributed by atoms with Crippen molar-refractivity contribution >= 4 is 11.9 Å². The van der Waals surface area contributed by atoms with Gasteiger partial charge in [0.2, 0.25) is 0 Å². The van der Waals surface area contributed by atoms with Crippen LogP contribution in [0.1, 0.15) is 85.5 Å². The summed E-state index contributed by atoms with van der Waals surface area (Å²) in [5, 5.41) is 23.4. The fourth-order valence-electron chi connectivity index (χ4n) is 9.61. The van der Waals surface area contributed by atoms with E-state index in [1.807, 2.05) is 0 Å². The monoisotopic (exact) mass is 578 g/mol. The van der Waals surface area contributed by atoms with E-state index in [-0.39, 0.29) is 41.5 Å². The van der Waals surface area contributed by atoms with E-state index >= 15 is 0 Å². The number of aliphatic hydroxyl groups excluding tert-OH is 2. The Morgan fingerprint density at radius 1 is 1.00 bits per heavy atom. The van der Waals surface area contributed by atoms with Crippen molar-refractivity contribution in [3.05, 3.63) is 12.2 Å². The lowest BCUT2D eigenvalue weighted by Gasteiger charge is -2.63. The van der Waals surface area contributed by atoms with Gasteiger partial charge in [-0.05, 0) is 105 Å². The molecule has 0 aromatic rings. The zero-order chi connectivity index (χ0) is 29.9. The first kappa shape index (κ1) is 32.4. The molecule has 0 spiro atoms. The summed E-state index contributed by atoms with van der Waals surface area (Å²) in [6.07, 6.45) is 7.17. The molecule has 0 radical (unpaired) electrons. The molecule has 4 rings (SSSR count). The summed E-state index contributed by atoms with van der Waals surface area (Å²) < 4.78 is 21.7. The Morgan fingerprint density at radius 2 is 1.73 bits per heavy atom. The minimum atomic E-state index is -0.403. The van der Waals surface area contributed by atoms with Gasteiger partial charge in [-0.25, -0.2) is 4.79 Å². The molecule has 4 aliphatic carbocycles. The highest BCUT2D eigenvalue weighted by Crippen LogP contribution is 2.68. The van der Waals surface area contributed by atoms with Crippen LogP contribution in [0, 0.1) is 46.3 Å². The lowest BCUT2D eigenvalue weighted by molar-refractivity contribution is -0.209. The molecule has 0 unspecified atom stereocenters. The number of carbonyl (C=O) groups is 2. The maximum atomic E-state index is 11.8. The lowest BCUT2D eigenvalue weighted by Crippen LogP contribution is -2.62. The highest BCUT2D eigenvalue weighted by Gasteiger charge is 2.65. The number of carbonyl (C=O) groups excluding carboxylic acids is 2. The van der Waals surface area contributed by atoms with Gasteiger partial charge in [-0.15, -0.1) is 0 Å². The van der Waals surface area contributed by atoms with E-state index in [2.05, 4.69) is 27.4 Å². The van der Waals surface area contributed by atoms with Crippen molar-refractivity contribution in [1.29, 1.82) is 0 Å². The molecule has 0 amide bonds. The number of fused-ring (bicyclic) bond motifs is 5. The Kier molecular flexibility index (Phi) is 10.6. The summed E-state index contributed by atoms with van der Waals surface area (Å²) >= 11 is 0. The fraction of sp³-hybridized carbons (Fsp3) is 0.879. The number of hydrogen-bond acceptors (Lipinski definition) is 8. The van der Waals surface area contributed by atoms with Gasteiger partial charge in [0.05, 0.1) is 45.2 Å². The summed E-state index contributed by atoms with van der Waals surface area (Å²) in [4.78, 5) is 23.2. The maximum Gasteiger partial charge on any atom is 0.333 e. The van der Waals surface area contributed by atoms with Gasteiger partial charge in [0, 0.05) is 12.0 Å². The van der Waals surface area contributed by atoms with E-state index in [0.717, 1.165) is 51.4 Å². The van der Waals surface area contributed by atoms with E-state index in [9.17, 15) is 19.8 Å². The van der Waals surface area contributed by atoms with Crippen LogP contribution >= 0.6 is 0 Å². The first-order valence-electron chi connectivity index (χ1n) is 15.9. The largest absolute Gasteiger partial charge is 0.469 e. The molecule has 4 saturated carbocycles. The van der Waals surface area contributed by atoms with E-state index in [1.54, 1.807) is 6.92 Å². The van der Waals surface area contributed by atoms with Crippen molar-refractivity contribution in [2.24, 2.45) is 46.3 Å². The number of hydrogen-bond donors (Lipinski definition) is 2. The van der Waals surface area contributed by atoms with Crippen molar-refractivity contribution in [1.82, 2.24) is 0 Å². The van der Waals surface area contributed by atoms with Crippen LogP contribution in [0.3, 0.4) is 0 Å². The Morgan fingerprint density at radius 3 is 2.44 bits per heavy atom. The zero-order valence-corrected chi connectivity index (χ0v) is 25.9. The van der Waals surface area contributed by atoms with E-state index in [1.165, 1.54) is 7.11 Å². The Bertz CT molecular complexity index is 936. The van der Waals surface area contributed by atoms with Crippen LogP contribution in [0.4, 0.5) is 0 Å². The van der Waals surface area contributed by atoms with E-state index in [4.69, 9.17) is 18.9 Å². The Hall–Kier alpha value is -1.48. The number of ether oxygens (including phenoxy) is 4. The highest BCUT2D eigenvalue weighted by atomic mass is 16.6. The molecule has 4 fully saturated rings. The molecule has 0 aromatic heterocycles. The normalized spacial score (nSPS) is 40.6. The van der Waals surface area contributed by atoms with Crippen LogP contribution < -0.4 is 0 Å². The first-order chi connectivity index (χ1) is 19.4. The minimum absolute atomic E-state index is 0.0876. The topological polar surface area (TPSA) is 112 Å². The van der Waals surface area contributed by atoms with Crippen molar-refractivity contribution in [2.45, 2.75) is 104 Å². The molecule has 4 aliphatic rings. The second kappa shape index (κ2) is 13.4. The predicted molar refractivity (Wildman–Crippen MR) is 155 cm³/mol. The van der Waals surface area contributed by atoms with Crippen LogP contribution in [-0.2, 0) is 28.5 Å². The quantitative estimate of drug-likeness (QED) is 0.195. The Balaban J connectivity index is 1.32.